The predicted molar refractivity (Wildman–Crippen MR) is 91.8 cm³/mol. The van der Waals surface area contributed by atoms with Crippen LogP contribution in [0, 0.1) is 12.7 Å². The number of hydrogen-bond acceptors (Lipinski definition) is 1. The number of nitrogens with one attached hydrogen (secondary N) is 2. The fraction of sp³-hybridized carbons (Fsp3) is 0.118. The summed E-state index contributed by atoms with van der Waals surface area (Å²) in [5.41, 5.74) is 2.75. The van der Waals surface area contributed by atoms with Crippen molar-refractivity contribution >= 4 is 45.7 Å². The minimum absolute atomic E-state index is 0.0941. The summed E-state index contributed by atoms with van der Waals surface area (Å²) < 4.78 is 13.5. The Kier molecular flexibility index (Phi) is 4.28. The van der Waals surface area contributed by atoms with Crippen LogP contribution in [-0.4, -0.2) is 10.9 Å². The molecule has 1 heterocycles. The van der Waals surface area contributed by atoms with Gasteiger partial charge in [-0.15, -0.1) is 0 Å². The fourth-order valence-electron chi connectivity index (χ4n) is 2.54. The lowest BCUT2D eigenvalue weighted by atomic mass is 10.1. The molecule has 0 bridgehead atoms. The van der Waals surface area contributed by atoms with E-state index in [-0.39, 0.29) is 18.1 Å². The van der Waals surface area contributed by atoms with E-state index in [2.05, 4.69) is 10.3 Å². The van der Waals surface area contributed by atoms with Crippen molar-refractivity contribution in [2.45, 2.75) is 13.3 Å². The molecule has 0 aliphatic rings. The van der Waals surface area contributed by atoms with E-state index in [0.29, 0.717) is 21.1 Å². The largest absolute Gasteiger partial charge is 0.358 e. The quantitative estimate of drug-likeness (QED) is 0.677. The highest BCUT2D eigenvalue weighted by Crippen LogP contribution is 2.30. The van der Waals surface area contributed by atoms with E-state index in [0.717, 1.165) is 16.8 Å². The number of carbonyl (C=O) groups is 1. The number of para-hydroxylation sites is 1. The van der Waals surface area contributed by atoms with Crippen molar-refractivity contribution in [2.24, 2.45) is 0 Å². The number of aromatic amines is 1. The minimum Gasteiger partial charge on any atom is -0.358 e. The molecule has 2 N–H and O–H groups in total. The van der Waals surface area contributed by atoms with Crippen LogP contribution >= 0.6 is 23.2 Å². The zero-order valence-electron chi connectivity index (χ0n) is 12.2. The Morgan fingerprint density at radius 3 is 2.61 bits per heavy atom. The smallest absolute Gasteiger partial charge is 0.228 e. The first-order valence-electron chi connectivity index (χ1n) is 6.96. The predicted octanol–water partition coefficient (Wildman–Crippen LogP) is 5.10. The molecule has 0 atom stereocenters. The topological polar surface area (TPSA) is 44.9 Å². The third kappa shape index (κ3) is 3.19. The molecule has 3 rings (SSSR count). The van der Waals surface area contributed by atoms with Gasteiger partial charge in [-0.05, 0) is 42.8 Å². The lowest BCUT2D eigenvalue weighted by Gasteiger charge is -2.09. The first-order valence-corrected chi connectivity index (χ1v) is 7.72. The first-order chi connectivity index (χ1) is 11.0. The number of carbonyl (C=O) groups excluding carboxylic acids is 1. The van der Waals surface area contributed by atoms with Gasteiger partial charge in [0.15, 0.2) is 0 Å². The molecule has 3 nitrogen and oxygen atoms in total. The van der Waals surface area contributed by atoms with E-state index in [4.69, 9.17) is 23.2 Å². The van der Waals surface area contributed by atoms with Crippen LogP contribution < -0.4 is 5.32 Å². The Labute approximate surface area is 142 Å². The van der Waals surface area contributed by atoms with Gasteiger partial charge in [0.1, 0.15) is 5.82 Å². The normalized spacial score (nSPS) is 11.0. The Hall–Kier alpha value is -2.04. The van der Waals surface area contributed by atoms with E-state index < -0.39 is 0 Å². The number of H-pyrrole nitrogens is 1. The summed E-state index contributed by atoms with van der Waals surface area (Å²) in [7, 11) is 0. The van der Waals surface area contributed by atoms with E-state index in [9.17, 15) is 9.18 Å². The van der Waals surface area contributed by atoms with Gasteiger partial charge >= 0.3 is 0 Å². The fourth-order valence-corrected chi connectivity index (χ4v) is 3.04. The third-order valence-electron chi connectivity index (χ3n) is 3.65. The lowest BCUT2D eigenvalue weighted by Crippen LogP contribution is -2.15. The molecule has 23 heavy (non-hydrogen) atoms. The van der Waals surface area contributed by atoms with Crippen LogP contribution in [0.4, 0.5) is 10.1 Å². The molecule has 0 unspecified atom stereocenters. The van der Waals surface area contributed by atoms with Crippen LogP contribution in [0.2, 0.25) is 10.0 Å². The number of rotatable bonds is 3. The Morgan fingerprint density at radius 2 is 1.91 bits per heavy atom. The molecule has 0 fully saturated rings. The molecule has 0 saturated carbocycles. The molecule has 0 spiro atoms. The highest BCUT2D eigenvalue weighted by Gasteiger charge is 2.15. The van der Waals surface area contributed by atoms with Crippen molar-refractivity contribution in [2.75, 3.05) is 5.32 Å². The molecule has 1 amide bonds. The van der Waals surface area contributed by atoms with Gasteiger partial charge in [-0.3, -0.25) is 4.79 Å². The standard InChI is InChI=1S/C17H13Cl2FN2O/c1-9-11(12-7-10(20)5-6-15(12)21-9)8-16(23)22-17-13(18)3-2-4-14(17)19/h2-7,21H,8H2,1H3,(H,22,23). The molecule has 3 aromatic rings. The molecule has 2 aromatic carbocycles. The van der Waals surface area contributed by atoms with Gasteiger partial charge in [0.2, 0.25) is 5.91 Å². The number of fused-ring (bicyclic) bond motifs is 1. The van der Waals surface area contributed by atoms with Crippen molar-refractivity contribution in [3.05, 3.63) is 63.5 Å². The Morgan fingerprint density at radius 1 is 1.22 bits per heavy atom. The summed E-state index contributed by atoms with van der Waals surface area (Å²) in [6.45, 7) is 1.85. The molecule has 0 aliphatic carbocycles. The summed E-state index contributed by atoms with van der Waals surface area (Å²) in [5, 5.41) is 4.15. The average Bonchev–Trinajstić information content (AvgIpc) is 2.79. The Balaban J connectivity index is 1.89. The van der Waals surface area contributed by atoms with Crippen LogP contribution in [0.1, 0.15) is 11.3 Å². The zero-order valence-corrected chi connectivity index (χ0v) is 13.7. The number of benzene rings is 2. The SMILES string of the molecule is Cc1[nH]c2ccc(F)cc2c1CC(=O)Nc1c(Cl)cccc1Cl. The molecule has 0 aliphatic heterocycles. The van der Waals surface area contributed by atoms with Crippen molar-refractivity contribution in [3.63, 3.8) is 0 Å². The maximum absolute atomic E-state index is 13.5. The average molecular weight is 351 g/mol. The van der Waals surface area contributed by atoms with Gasteiger partial charge in [-0.1, -0.05) is 29.3 Å². The number of aromatic nitrogens is 1. The van der Waals surface area contributed by atoms with Crippen molar-refractivity contribution < 1.29 is 9.18 Å². The summed E-state index contributed by atoms with van der Waals surface area (Å²) in [4.78, 5) is 15.5. The van der Waals surface area contributed by atoms with Gasteiger partial charge in [0, 0.05) is 16.6 Å². The van der Waals surface area contributed by atoms with Gasteiger partial charge < -0.3 is 10.3 Å². The molecule has 1 aromatic heterocycles. The van der Waals surface area contributed by atoms with E-state index >= 15 is 0 Å². The first kappa shape index (κ1) is 15.8. The minimum atomic E-state index is -0.340. The van der Waals surface area contributed by atoms with E-state index in [1.165, 1.54) is 12.1 Å². The van der Waals surface area contributed by atoms with Crippen LogP contribution in [0.15, 0.2) is 36.4 Å². The zero-order chi connectivity index (χ0) is 16.6. The Bertz CT molecular complexity index is 885. The molecule has 0 radical (unpaired) electrons. The number of anilines is 1. The highest BCUT2D eigenvalue weighted by molar-refractivity contribution is 6.39. The summed E-state index contributed by atoms with van der Waals surface area (Å²) in [5.74, 6) is -0.611. The van der Waals surface area contributed by atoms with Gasteiger partial charge in [-0.25, -0.2) is 4.39 Å². The van der Waals surface area contributed by atoms with Crippen LogP contribution in [0.3, 0.4) is 0 Å². The number of hydrogen-bond donors (Lipinski definition) is 2. The van der Waals surface area contributed by atoms with Crippen molar-refractivity contribution in [1.82, 2.24) is 4.98 Å². The highest BCUT2D eigenvalue weighted by atomic mass is 35.5. The molecule has 6 heteroatoms. The molecular weight excluding hydrogens is 338 g/mol. The van der Waals surface area contributed by atoms with Crippen LogP contribution in [-0.2, 0) is 11.2 Å². The number of amides is 1. The second-order valence-electron chi connectivity index (χ2n) is 5.24. The second-order valence-corrected chi connectivity index (χ2v) is 6.05. The van der Waals surface area contributed by atoms with Gasteiger partial charge in [0.05, 0.1) is 22.2 Å². The van der Waals surface area contributed by atoms with Gasteiger partial charge in [-0.2, -0.15) is 0 Å². The number of halogens is 3. The van der Waals surface area contributed by atoms with Gasteiger partial charge in [0.25, 0.3) is 0 Å². The maximum Gasteiger partial charge on any atom is 0.228 e. The lowest BCUT2D eigenvalue weighted by molar-refractivity contribution is -0.115. The summed E-state index contributed by atoms with van der Waals surface area (Å²) in [6, 6.07) is 9.46. The van der Waals surface area contributed by atoms with Crippen LogP contribution in [0.25, 0.3) is 10.9 Å². The molecule has 0 saturated heterocycles. The van der Waals surface area contributed by atoms with E-state index in [1.54, 1.807) is 24.3 Å². The third-order valence-corrected chi connectivity index (χ3v) is 4.28. The van der Waals surface area contributed by atoms with E-state index in [1.807, 2.05) is 6.92 Å². The second kappa shape index (κ2) is 6.22. The molecular formula is C17H13Cl2FN2O. The van der Waals surface area contributed by atoms with Crippen molar-refractivity contribution in [3.8, 4) is 0 Å². The van der Waals surface area contributed by atoms with Crippen molar-refractivity contribution in [1.29, 1.82) is 0 Å². The van der Waals surface area contributed by atoms with Crippen LogP contribution in [0.5, 0.6) is 0 Å². The summed E-state index contributed by atoms with van der Waals surface area (Å²) >= 11 is 12.1. The maximum atomic E-state index is 13.5. The molecule has 118 valence electrons. The summed E-state index contributed by atoms with van der Waals surface area (Å²) in [6.07, 6.45) is 0.0941. The number of aryl methyl sites for hydroxylation is 1. The monoisotopic (exact) mass is 350 g/mol.